The van der Waals surface area contributed by atoms with E-state index in [1.165, 1.54) is 35.0 Å². The highest BCUT2D eigenvalue weighted by Gasteiger charge is 2.35. The first-order valence-electron chi connectivity index (χ1n) is 10.5. The Morgan fingerprint density at radius 3 is 2.65 bits per heavy atom. The molecule has 158 valence electrons. The number of hydrogen-bond donors (Lipinski definition) is 1. The van der Waals surface area contributed by atoms with E-state index in [1.54, 1.807) is 23.0 Å². The third-order valence-corrected chi connectivity index (χ3v) is 6.69. The van der Waals surface area contributed by atoms with Crippen molar-refractivity contribution in [3.8, 4) is 16.8 Å². The van der Waals surface area contributed by atoms with Crippen LogP contribution in [0.1, 0.15) is 36.0 Å². The van der Waals surface area contributed by atoms with E-state index in [9.17, 15) is 4.79 Å². The quantitative estimate of drug-likeness (QED) is 0.521. The first kappa shape index (κ1) is 20.0. The Kier molecular flexibility index (Phi) is 4.72. The van der Waals surface area contributed by atoms with Gasteiger partial charge in [0.15, 0.2) is 0 Å². The van der Waals surface area contributed by atoms with Gasteiger partial charge in [-0.1, -0.05) is 6.07 Å². The Labute approximate surface area is 186 Å². The lowest BCUT2D eigenvalue weighted by atomic mass is 9.99. The largest absolute Gasteiger partial charge is 0.347 e. The molecule has 0 saturated carbocycles. The zero-order chi connectivity index (χ0) is 20.4. The molecular formula is C24H24ClN5O. The van der Waals surface area contributed by atoms with E-state index in [-0.39, 0.29) is 18.0 Å². The van der Waals surface area contributed by atoms with Crippen LogP contribution in [0.4, 0.5) is 0 Å². The van der Waals surface area contributed by atoms with Crippen molar-refractivity contribution in [2.75, 3.05) is 0 Å². The lowest BCUT2D eigenvalue weighted by Gasteiger charge is -2.23. The molecule has 0 spiro atoms. The van der Waals surface area contributed by atoms with Crippen LogP contribution in [-0.4, -0.2) is 25.1 Å². The fourth-order valence-electron chi connectivity index (χ4n) is 5.15. The number of aryl methyl sites for hydroxylation is 2. The van der Waals surface area contributed by atoms with Gasteiger partial charge in [-0.3, -0.25) is 9.36 Å². The summed E-state index contributed by atoms with van der Waals surface area (Å²) in [5, 5.41) is 5.06. The molecular weight excluding hydrogens is 410 g/mol. The van der Waals surface area contributed by atoms with Crippen molar-refractivity contribution in [1.82, 2.24) is 24.4 Å². The molecule has 1 N–H and O–H groups in total. The van der Waals surface area contributed by atoms with Gasteiger partial charge in [-0.2, -0.15) is 0 Å². The van der Waals surface area contributed by atoms with Crippen LogP contribution in [0.2, 0.25) is 0 Å². The SMILES string of the molecule is Cc1ncc(-c2ccn(-c3ccc4c5c(n(C)c4c3)CC3CCC5N3)c(=O)c2)cn1.Cl. The smallest absolute Gasteiger partial charge is 0.255 e. The van der Waals surface area contributed by atoms with Crippen LogP contribution >= 0.6 is 12.4 Å². The second-order valence-electron chi connectivity index (χ2n) is 8.46. The molecule has 6 rings (SSSR count). The number of rotatable bonds is 2. The van der Waals surface area contributed by atoms with E-state index in [4.69, 9.17) is 0 Å². The summed E-state index contributed by atoms with van der Waals surface area (Å²) in [6.45, 7) is 1.85. The van der Waals surface area contributed by atoms with E-state index in [0.717, 1.165) is 23.2 Å². The van der Waals surface area contributed by atoms with Crippen LogP contribution in [0, 0.1) is 6.92 Å². The number of hydrogen-bond acceptors (Lipinski definition) is 4. The molecule has 3 aromatic heterocycles. The maximum atomic E-state index is 12.9. The van der Waals surface area contributed by atoms with Crippen LogP contribution in [0.25, 0.3) is 27.7 Å². The van der Waals surface area contributed by atoms with Crippen molar-refractivity contribution in [3.63, 3.8) is 0 Å². The Morgan fingerprint density at radius 2 is 1.87 bits per heavy atom. The number of nitrogens with zero attached hydrogens (tertiary/aromatic N) is 4. The van der Waals surface area contributed by atoms with Crippen molar-refractivity contribution in [3.05, 3.63) is 76.4 Å². The fraction of sp³-hybridized carbons (Fsp3) is 0.292. The van der Waals surface area contributed by atoms with Crippen LogP contribution in [0.15, 0.2) is 53.7 Å². The number of aromatic nitrogens is 4. The summed E-state index contributed by atoms with van der Waals surface area (Å²) in [6, 6.07) is 11.0. The van der Waals surface area contributed by atoms with E-state index >= 15 is 0 Å². The third kappa shape index (κ3) is 3.09. The van der Waals surface area contributed by atoms with Crippen molar-refractivity contribution in [2.45, 2.75) is 38.3 Å². The zero-order valence-electron chi connectivity index (χ0n) is 17.5. The van der Waals surface area contributed by atoms with Gasteiger partial charge in [0, 0.05) is 66.9 Å². The predicted molar refractivity (Wildman–Crippen MR) is 124 cm³/mol. The van der Waals surface area contributed by atoms with Crippen LogP contribution in [-0.2, 0) is 13.5 Å². The topological polar surface area (TPSA) is 64.7 Å². The summed E-state index contributed by atoms with van der Waals surface area (Å²) < 4.78 is 4.03. The number of pyridine rings is 1. The van der Waals surface area contributed by atoms with Crippen molar-refractivity contribution in [2.24, 2.45) is 7.05 Å². The minimum Gasteiger partial charge on any atom is -0.347 e. The average Bonchev–Trinajstić information content (AvgIpc) is 3.27. The Hall–Kier alpha value is -2.96. The first-order chi connectivity index (χ1) is 14.6. The van der Waals surface area contributed by atoms with E-state index in [0.29, 0.717) is 17.9 Å². The Bertz CT molecular complexity index is 1360. The molecule has 2 aliphatic rings. The molecule has 1 fully saturated rings. The lowest BCUT2D eigenvalue weighted by molar-refractivity contribution is 0.504. The van der Waals surface area contributed by atoms with Gasteiger partial charge < -0.3 is 9.88 Å². The first-order valence-corrected chi connectivity index (χ1v) is 10.5. The second kappa shape index (κ2) is 7.32. The number of benzene rings is 1. The normalized spacial score (nSPS) is 19.3. The highest BCUT2D eigenvalue weighted by Crippen LogP contribution is 2.41. The van der Waals surface area contributed by atoms with Crippen LogP contribution < -0.4 is 10.9 Å². The summed E-state index contributed by atoms with van der Waals surface area (Å²) in [5.74, 6) is 0.717. The van der Waals surface area contributed by atoms with Gasteiger partial charge in [0.05, 0.1) is 11.2 Å². The number of fused-ring (bicyclic) bond motifs is 6. The summed E-state index contributed by atoms with van der Waals surface area (Å²) in [7, 11) is 2.15. The molecule has 2 unspecified atom stereocenters. The van der Waals surface area contributed by atoms with E-state index in [2.05, 4.69) is 45.1 Å². The highest BCUT2D eigenvalue weighted by atomic mass is 35.5. The molecule has 1 aromatic carbocycles. The van der Waals surface area contributed by atoms with Gasteiger partial charge >= 0.3 is 0 Å². The van der Waals surface area contributed by atoms with Gasteiger partial charge in [0.25, 0.3) is 5.56 Å². The second-order valence-corrected chi connectivity index (χ2v) is 8.46. The minimum absolute atomic E-state index is 0. The van der Waals surface area contributed by atoms with Gasteiger partial charge in [-0.25, -0.2) is 9.97 Å². The molecule has 0 aliphatic carbocycles. The maximum Gasteiger partial charge on any atom is 0.255 e. The molecule has 0 radical (unpaired) electrons. The average molecular weight is 434 g/mol. The minimum atomic E-state index is -0.0629. The zero-order valence-corrected chi connectivity index (χ0v) is 18.3. The van der Waals surface area contributed by atoms with Crippen molar-refractivity contribution in [1.29, 1.82) is 0 Å². The monoisotopic (exact) mass is 433 g/mol. The predicted octanol–water partition coefficient (Wildman–Crippen LogP) is 3.87. The molecule has 6 nitrogen and oxygen atoms in total. The van der Waals surface area contributed by atoms with E-state index in [1.807, 2.05) is 19.2 Å². The molecule has 2 atom stereocenters. The Balaban J connectivity index is 0.00000204. The van der Waals surface area contributed by atoms with E-state index < -0.39 is 0 Å². The summed E-state index contributed by atoms with van der Waals surface area (Å²) in [5.41, 5.74) is 6.58. The summed E-state index contributed by atoms with van der Waals surface area (Å²) in [6.07, 6.45) is 8.90. The summed E-state index contributed by atoms with van der Waals surface area (Å²) in [4.78, 5) is 21.4. The standard InChI is InChI=1S/C24H23N5O.ClH/c1-14-25-12-16(13-26-14)15-7-8-29(23(30)9-15)18-4-5-19-21(11-18)28(2)22-10-17-3-6-20(27-17)24(19)22;/h4-5,7-9,11-13,17,20,27H,3,6,10H2,1-2H3;1H. The molecule has 1 saturated heterocycles. The van der Waals surface area contributed by atoms with Gasteiger partial charge in [-0.05, 0) is 49.1 Å². The van der Waals surface area contributed by atoms with Crippen molar-refractivity contribution >= 4 is 23.3 Å². The van der Waals surface area contributed by atoms with Gasteiger partial charge in [-0.15, -0.1) is 12.4 Å². The molecule has 7 heteroatoms. The maximum absolute atomic E-state index is 12.9. The van der Waals surface area contributed by atoms with Crippen LogP contribution in [0.5, 0.6) is 0 Å². The summed E-state index contributed by atoms with van der Waals surface area (Å²) >= 11 is 0. The highest BCUT2D eigenvalue weighted by molar-refractivity contribution is 5.88. The fourth-order valence-corrected chi connectivity index (χ4v) is 5.15. The number of halogens is 1. The lowest BCUT2D eigenvalue weighted by Crippen LogP contribution is -2.32. The van der Waals surface area contributed by atoms with Crippen molar-refractivity contribution < 1.29 is 0 Å². The Morgan fingerprint density at radius 1 is 1.06 bits per heavy atom. The molecule has 4 aromatic rings. The third-order valence-electron chi connectivity index (χ3n) is 6.69. The molecule has 0 amide bonds. The van der Waals surface area contributed by atoms with Gasteiger partial charge in [0.1, 0.15) is 5.82 Å². The van der Waals surface area contributed by atoms with Gasteiger partial charge in [0.2, 0.25) is 0 Å². The molecule has 2 aliphatic heterocycles. The number of nitrogens with one attached hydrogen (secondary N) is 1. The molecule has 2 bridgehead atoms. The van der Waals surface area contributed by atoms with Crippen LogP contribution in [0.3, 0.4) is 0 Å². The molecule has 31 heavy (non-hydrogen) atoms. The molecule has 5 heterocycles.